The molecule has 1 aromatic rings. The average molecular weight is 228 g/mol. The third-order valence-electron chi connectivity index (χ3n) is 2.70. The molecule has 0 aromatic heterocycles. The van der Waals surface area contributed by atoms with Gasteiger partial charge in [0.15, 0.2) is 0 Å². The topological polar surface area (TPSA) is 32.3 Å². The second-order valence-corrected chi connectivity index (χ2v) is 4.84. The minimum absolute atomic E-state index is 0.0327. The van der Waals surface area contributed by atoms with Crippen LogP contribution in [0.25, 0.3) is 0 Å². The normalized spacial score (nSPS) is 13.7. The molecule has 1 unspecified atom stereocenters. The van der Waals surface area contributed by atoms with Crippen LogP contribution < -0.4 is 5.32 Å². The van der Waals surface area contributed by atoms with Crippen molar-refractivity contribution in [2.75, 3.05) is 5.32 Å². The maximum atomic E-state index is 9.81. The van der Waals surface area contributed by atoms with Crippen molar-refractivity contribution in [3.05, 3.63) is 28.8 Å². The third kappa shape index (κ3) is 3.11. The molecule has 84 valence electrons. The van der Waals surface area contributed by atoms with E-state index in [2.05, 4.69) is 5.32 Å². The summed E-state index contributed by atoms with van der Waals surface area (Å²) < 4.78 is 0. The smallest absolute Gasteiger partial charge is 0.0789 e. The molecule has 0 aliphatic heterocycles. The number of nitrogens with one attached hydrogen (secondary N) is 1. The molecule has 0 bridgehead atoms. The highest BCUT2D eigenvalue weighted by Gasteiger charge is 2.22. The second kappa shape index (κ2) is 4.42. The first-order chi connectivity index (χ1) is 6.82. The van der Waals surface area contributed by atoms with E-state index in [1.807, 2.05) is 32.0 Å². The van der Waals surface area contributed by atoms with E-state index in [0.717, 1.165) is 16.3 Å². The van der Waals surface area contributed by atoms with Gasteiger partial charge >= 0.3 is 0 Å². The summed E-state index contributed by atoms with van der Waals surface area (Å²) in [4.78, 5) is 0. The minimum atomic E-state index is -0.755. The molecule has 0 saturated carbocycles. The fourth-order valence-corrected chi connectivity index (χ4v) is 1.35. The van der Waals surface area contributed by atoms with Crippen LogP contribution in [-0.4, -0.2) is 16.7 Å². The van der Waals surface area contributed by atoms with Gasteiger partial charge in [0.1, 0.15) is 0 Å². The summed E-state index contributed by atoms with van der Waals surface area (Å²) in [7, 11) is 0. The van der Waals surface area contributed by atoms with Gasteiger partial charge in [-0.2, -0.15) is 0 Å². The number of hydrogen-bond acceptors (Lipinski definition) is 2. The number of anilines is 1. The zero-order valence-electron chi connectivity index (χ0n) is 9.63. The van der Waals surface area contributed by atoms with Crippen molar-refractivity contribution in [1.82, 2.24) is 0 Å². The first-order valence-corrected chi connectivity index (χ1v) is 5.44. The Morgan fingerprint density at radius 3 is 2.53 bits per heavy atom. The van der Waals surface area contributed by atoms with Crippen molar-refractivity contribution >= 4 is 17.3 Å². The van der Waals surface area contributed by atoms with Gasteiger partial charge in [0.25, 0.3) is 0 Å². The van der Waals surface area contributed by atoms with Crippen molar-refractivity contribution in [2.24, 2.45) is 0 Å². The van der Waals surface area contributed by atoms with Crippen LogP contribution in [0.5, 0.6) is 0 Å². The van der Waals surface area contributed by atoms with Gasteiger partial charge in [0.2, 0.25) is 0 Å². The van der Waals surface area contributed by atoms with Gasteiger partial charge in [-0.15, -0.1) is 0 Å². The fourth-order valence-electron chi connectivity index (χ4n) is 1.17. The minimum Gasteiger partial charge on any atom is -0.388 e. The van der Waals surface area contributed by atoms with Crippen LogP contribution in [0, 0.1) is 6.92 Å². The number of rotatable bonds is 3. The Morgan fingerprint density at radius 2 is 2.00 bits per heavy atom. The van der Waals surface area contributed by atoms with E-state index < -0.39 is 5.60 Å². The molecular weight excluding hydrogens is 210 g/mol. The molecule has 1 aromatic carbocycles. The summed E-state index contributed by atoms with van der Waals surface area (Å²) in [6.45, 7) is 7.47. The maximum absolute atomic E-state index is 9.81. The number of halogens is 1. The van der Waals surface area contributed by atoms with Crippen LogP contribution in [0.3, 0.4) is 0 Å². The lowest BCUT2D eigenvalue weighted by Crippen LogP contribution is -2.39. The summed E-state index contributed by atoms with van der Waals surface area (Å²) in [5.41, 5.74) is 1.22. The summed E-state index contributed by atoms with van der Waals surface area (Å²) >= 11 is 6.01. The quantitative estimate of drug-likeness (QED) is 0.831. The Bertz CT molecular complexity index is 344. The third-order valence-corrected chi connectivity index (χ3v) is 3.11. The molecule has 0 radical (unpaired) electrons. The molecule has 2 N–H and O–H groups in total. The van der Waals surface area contributed by atoms with Gasteiger partial charge in [0.05, 0.1) is 11.6 Å². The van der Waals surface area contributed by atoms with Crippen molar-refractivity contribution < 1.29 is 5.11 Å². The molecule has 0 spiro atoms. The Hall–Kier alpha value is -0.730. The SMILES string of the molecule is Cc1c(Cl)cccc1NC(C)C(C)(C)O. The van der Waals surface area contributed by atoms with Crippen LogP contribution in [0.4, 0.5) is 5.69 Å². The molecule has 15 heavy (non-hydrogen) atoms. The zero-order chi connectivity index (χ0) is 11.6. The second-order valence-electron chi connectivity index (χ2n) is 4.43. The van der Waals surface area contributed by atoms with Crippen LogP contribution in [0.2, 0.25) is 5.02 Å². The van der Waals surface area contributed by atoms with Crippen LogP contribution >= 0.6 is 11.6 Å². The lowest BCUT2D eigenvalue weighted by molar-refractivity contribution is 0.0649. The molecule has 2 nitrogen and oxygen atoms in total. The molecule has 0 amide bonds. The van der Waals surface area contributed by atoms with Gasteiger partial charge in [-0.25, -0.2) is 0 Å². The lowest BCUT2D eigenvalue weighted by Gasteiger charge is -2.28. The van der Waals surface area contributed by atoms with Gasteiger partial charge in [-0.05, 0) is 45.4 Å². The highest BCUT2D eigenvalue weighted by molar-refractivity contribution is 6.31. The summed E-state index contributed by atoms with van der Waals surface area (Å²) in [6, 6.07) is 5.68. The molecule has 0 fully saturated rings. The zero-order valence-corrected chi connectivity index (χ0v) is 10.4. The molecule has 1 rings (SSSR count). The van der Waals surface area contributed by atoms with Gasteiger partial charge in [-0.3, -0.25) is 0 Å². The average Bonchev–Trinajstić information content (AvgIpc) is 2.11. The van der Waals surface area contributed by atoms with E-state index >= 15 is 0 Å². The van der Waals surface area contributed by atoms with Crippen LogP contribution in [0.15, 0.2) is 18.2 Å². The molecule has 1 atom stereocenters. The Morgan fingerprint density at radius 1 is 1.40 bits per heavy atom. The molecule has 0 aliphatic carbocycles. The molecule has 3 heteroatoms. The lowest BCUT2D eigenvalue weighted by atomic mass is 10.00. The van der Waals surface area contributed by atoms with E-state index in [1.165, 1.54) is 0 Å². The maximum Gasteiger partial charge on any atom is 0.0789 e. The van der Waals surface area contributed by atoms with Crippen LogP contribution in [0.1, 0.15) is 26.3 Å². The van der Waals surface area contributed by atoms with Gasteiger partial charge in [0, 0.05) is 10.7 Å². The Kier molecular flexibility index (Phi) is 3.63. The molecular formula is C12H18ClNO. The van der Waals surface area contributed by atoms with E-state index in [9.17, 15) is 5.11 Å². The van der Waals surface area contributed by atoms with Crippen molar-refractivity contribution in [3.8, 4) is 0 Å². The summed E-state index contributed by atoms with van der Waals surface area (Å²) in [5.74, 6) is 0. The van der Waals surface area contributed by atoms with E-state index in [0.29, 0.717) is 0 Å². The number of benzene rings is 1. The van der Waals surface area contributed by atoms with E-state index in [4.69, 9.17) is 11.6 Å². The van der Waals surface area contributed by atoms with Crippen molar-refractivity contribution in [1.29, 1.82) is 0 Å². The molecule has 0 aliphatic rings. The van der Waals surface area contributed by atoms with Crippen LogP contribution in [-0.2, 0) is 0 Å². The van der Waals surface area contributed by atoms with Gasteiger partial charge < -0.3 is 10.4 Å². The Labute approximate surface area is 96.3 Å². The summed E-state index contributed by atoms with van der Waals surface area (Å²) in [6.07, 6.45) is 0. The summed E-state index contributed by atoms with van der Waals surface area (Å²) in [5, 5.41) is 13.8. The first kappa shape index (κ1) is 12.3. The van der Waals surface area contributed by atoms with Crippen molar-refractivity contribution in [3.63, 3.8) is 0 Å². The highest BCUT2D eigenvalue weighted by atomic mass is 35.5. The largest absolute Gasteiger partial charge is 0.388 e. The molecule has 0 saturated heterocycles. The Balaban J connectivity index is 2.86. The standard InChI is InChI=1S/C12H18ClNO/c1-8-10(13)6-5-7-11(8)14-9(2)12(3,4)15/h5-7,9,14-15H,1-4H3. The number of hydrogen-bond donors (Lipinski definition) is 2. The monoisotopic (exact) mass is 227 g/mol. The highest BCUT2D eigenvalue weighted by Crippen LogP contribution is 2.25. The van der Waals surface area contributed by atoms with Crippen molar-refractivity contribution in [2.45, 2.75) is 39.3 Å². The van der Waals surface area contributed by atoms with Gasteiger partial charge in [-0.1, -0.05) is 17.7 Å². The first-order valence-electron chi connectivity index (χ1n) is 5.06. The van der Waals surface area contributed by atoms with E-state index in [1.54, 1.807) is 13.8 Å². The molecule has 0 heterocycles. The van der Waals surface area contributed by atoms with E-state index in [-0.39, 0.29) is 6.04 Å². The fraction of sp³-hybridized carbons (Fsp3) is 0.500. The number of aliphatic hydroxyl groups is 1. The predicted octanol–water partition coefficient (Wildman–Crippen LogP) is 3.22. The predicted molar refractivity (Wildman–Crippen MR) is 65.6 cm³/mol.